The number of imidazole rings is 1. The topological polar surface area (TPSA) is 78.0 Å². The SMILES string of the molecule is CCCCCCCn1c(CS(=O)(=O)c2ccc(N)cc2)nc2ccccc21. The number of para-hydroxylation sites is 2. The lowest BCUT2D eigenvalue weighted by Crippen LogP contribution is -2.11. The minimum Gasteiger partial charge on any atom is -0.399 e. The highest BCUT2D eigenvalue weighted by Crippen LogP contribution is 2.22. The number of nitrogens with zero attached hydrogens (tertiary/aromatic N) is 2. The first-order chi connectivity index (χ1) is 13.0. The van der Waals surface area contributed by atoms with Crippen LogP contribution in [0.1, 0.15) is 44.9 Å². The van der Waals surface area contributed by atoms with Crippen molar-refractivity contribution >= 4 is 26.6 Å². The summed E-state index contributed by atoms with van der Waals surface area (Å²) >= 11 is 0. The van der Waals surface area contributed by atoms with Crippen LogP contribution in [0, 0.1) is 0 Å². The quantitative estimate of drug-likeness (QED) is 0.432. The van der Waals surface area contributed by atoms with E-state index < -0.39 is 9.84 Å². The predicted molar refractivity (Wildman–Crippen MR) is 110 cm³/mol. The summed E-state index contributed by atoms with van der Waals surface area (Å²) in [4.78, 5) is 4.89. The van der Waals surface area contributed by atoms with Crippen molar-refractivity contribution < 1.29 is 8.42 Å². The van der Waals surface area contributed by atoms with Crippen LogP contribution in [0.3, 0.4) is 0 Å². The predicted octanol–water partition coefficient (Wildman–Crippen LogP) is 4.56. The molecule has 5 nitrogen and oxygen atoms in total. The summed E-state index contributed by atoms with van der Waals surface area (Å²) in [6.45, 7) is 2.99. The third-order valence-corrected chi connectivity index (χ3v) is 6.41. The van der Waals surface area contributed by atoms with Crippen molar-refractivity contribution in [1.29, 1.82) is 0 Å². The molecule has 0 radical (unpaired) electrons. The first-order valence-electron chi connectivity index (χ1n) is 9.53. The summed E-state index contributed by atoms with van der Waals surface area (Å²) in [5.41, 5.74) is 8.06. The Kier molecular flexibility index (Phi) is 6.16. The van der Waals surface area contributed by atoms with Gasteiger partial charge in [-0.2, -0.15) is 0 Å². The van der Waals surface area contributed by atoms with Crippen molar-refractivity contribution in [2.75, 3.05) is 5.73 Å². The fourth-order valence-corrected chi connectivity index (χ4v) is 4.56. The Bertz CT molecular complexity index is 992. The number of benzene rings is 2. The average molecular weight is 386 g/mol. The molecular weight excluding hydrogens is 358 g/mol. The van der Waals surface area contributed by atoms with Gasteiger partial charge in [0.15, 0.2) is 9.84 Å². The molecule has 0 aliphatic carbocycles. The van der Waals surface area contributed by atoms with E-state index in [9.17, 15) is 8.42 Å². The Hall–Kier alpha value is -2.34. The highest BCUT2D eigenvalue weighted by molar-refractivity contribution is 7.90. The van der Waals surface area contributed by atoms with Gasteiger partial charge in [0.2, 0.25) is 0 Å². The van der Waals surface area contributed by atoms with Crippen LogP contribution < -0.4 is 5.73 Å². The maximum atomic E-state index is 12.9. The summed E-state index contributed by atoms with van der Waals surface area (Å²) in [5.74, 6) is 0.490. The van der Waals surface area contributed by atoms with Crippen molar-refractivity contribution in [3.63, 3.8) is 0 Å². The van der Waals surface area contributed by atoms with Crippen LogP contribution in [0.2, 0.25) is 0 Å². The first-order valence-corrected chi connectivity index (χ1v) is 11.2. The first kappa shape index (κ1) is 19.4. The monoisotopic (exact) mass is 385 g/mol. The molecule has 0 saturated carbocycles. The van der Waals surface area contributed by atoms with Crippen LogP contribution >= 0.6 is 0 Å². The van der Waals surface area contributed by atoms with Gasteiger partial charge in [-0.25, -0.2) is 13.4 Å². The summed E-state index contributed by atoms with van der Waals surface area (Å²) in [6, 6.07) is 14.2. The van der Waals surface area contributed by atoms with Crippen LogP contribution in [0.25, 0.3) is 11.0 Å². The Labute approximate surface area is 161 Å². The smallest absolute Gasteiger partial charge is 0.185 e. The molecule has 3 rings (SSSR count). The van der Waals surface area contributed by atoms with E-state index in [1.54, 1.807) is 24.3 Å². The molecule has 0 spiro atoms. The number of hydrogen-bond acceptors (Lipinski definition) is 4. The van der Waals surface area contributed by atoms with Gasteiger partial charge in [-0.1, -0.05) is 44.7 Å². The maximum absolute atomic E-state index is 12.9. The van der Waals surface area contributed by atoms with Gasteiger partial charge in [0.05, 0.1) is 15.9 Å². The molecule has 2 aromatic carbocycles. The van der Waals surface area contributed by atoms with E-state index >= 15 is 0 Å². The zero-order valence-corrected chi connectivity index (χ0v) is 16.6. The molecule has 0 atom stereocenters. The summed E-state index contributed by atoms with van der Waals surface area (Å²) in [7, 11) is -3.48. The van der Waals surface area contributed by atoms with Crippen LogP contribution in [0.4, 0.5) is 5.69 Å². The molecule has 0 amide bonds. The van der Waals surface area contributed by atoms with E-state index in [1.807, 2.05) is 24.3 Å². The molecule has 0 fully saturated rings. The zero-order valence-electron chi connectivity index (χ0n) is 15.8. The maximum Gasteiger partial charge on any atom is 0.185 e. The number of anilines is 1. The van der Waals surface area contributed by atoms with Gasteiger partial charge >= 0.3 is 0 Å². The van der Waals surface area contributed by atoms with Crippen molar-refractivity contribution in [2.45, 2.75) is 56.2 Å². The largest absolute Gasteiger partial charge is 0.399 e. The van der Waals surface area contributed by atoms with Crippen LogP contribution in [0.15, 0.2) is 53.4 Å². The fraction of sp³-hybridized carbons (Fsp3) is 0.381. The van der Waals surface area contributed by atoms with Crippen molar-refractivity contribution in [3.8, 4) is 0 Å². The molecule has 0 unspecified atom stereocenters. The van der Waals surface area contributed by atoms with Crippen molar-refractivity contribution in [1.82, 2.24) is 9.55 Å². The minimum absolute atomic E-state index is 0.111. The highest BCUT2D eigenvalue weighted by atomic mass is 32.2. The standard InChI is InChI=1S/C21H27N3O2S/c1-2-3-4-5-8-15-24-20-10-7-6-9-19(20)23-21(24)16-27(25,26)18-13-11-17(22)12-14-18/h6-7,9-14H,2-5,8,15-16,22H2,1H3. The van der Waals surface area contributed by atoms with E-state index in [-0.39, 0.29) is 10.6 Å². The Morgan fingerprint density at radius 2 is 1.67 bits per heavy atom. The van der Waals surface area contributed by atoms with Crippen LogP contribution in [-0.4, -0.2) is 18.0 Å². The zero-order chi connectivity index (χ0) is 19.3. The third kappa shape index (κ3) is 4.69. The second-order valence-corrected chi connectivity index (χ2v) is 8.90. The fourth-order valence-electron chi connectivity index (χ4n) is 3.29. The van der Waals surface area contributed by atoms with E-state index in [0.717, 1.165) is 30.4 Å². The lowest BCUT2D eigenvalue weighted by Gasteiger charge is -2.10. The normalized spacial score (nSPS) is 11.9. The molecule has 0 bridgehead atoms. The number of fused-ring (bicyclic) bond motifs is 1. The van der Waals surface area contributed by atoms with E-state index in [0.29, 0.717) is 11.5 Å². The molecule has 0 aliphatic rings. The number of hydrogen-bond donors (Lipinski definition) is 1. The van der Waals surface area contributed by atoms with Gasteiger partial charge < -0.3 is 10.3 Å². The van der Waals surface area contributed by atoms with Crippen LogP contribution in [0.5, 0.6) is 0 Å². The minimum atomic E-state index is -3.48. The van der Waals surface area contributed by atoms with E-state index in [1.165, 1.54) is 19.3 Å². The third-order valence-electron chi connectivity index (χ3n) is 4.78. The van der Waals surface area contributed by atoms with Crippen LogP contribution in [-0.2, 0) is 22.1 Å². The highest BCUT2D eigenvalue weighted by Gasteiger charge is 2.20. The summed E-state index contributed by atoms with van der Waals surface area (Å²) in [6.07, 6.45) is 5.82. The molecule has 3 aromatic rings. The lowest BCUT2D eigenvalue weighted by molar-refractivity contribution is 0.561. The summed E-state index contributed by atoms with van der Waals surface area (Å²) < 4.78 is 27.8. The van der Waals surface area contributed by atoms with Gasteiger partial charge in [0.25, 0.3) is 0 Å². The number of nitrogens with two attached hydrogens (primary N) is 1. The Morgan fingerprint density at radius 1 is 0.963 bits per heavy atom. The molecular formula is C21H27N3O2S. The molecule has 6 heteroatoms. The van der Waals surface area contributed by atoms with Gasteiger partial charge in [-0.05, 0) is 42.8 Å². The van der Waals surface area contributed by atoms with Gasteiger partial charge in [0.1, 0.15) is 11.6 Å². The lowest BCUT2D eigenvalue weighted by atomic mass is 10.1. The second kappa shape index (κ2) is 8.57. The number of rotatable bonds is 9. The number of aromatic nitrogens is 2. The molecule has 144 valence electrons. The molecule has 2 N–H and O–H groups in total. The molecule has 1 heterocycles. The van der Waals surface area contributed by atoms with Gasteiger partial charge in [-0.3, -0.25) is 0 Å². The molecule has 0 aliphatic heterocycles. The molecule has 27 heavy (non-hydrogen) atoms. The number of unbranched alkanes of at least 4 members (excludes halogenated alkanes) is 4. The Balaban J connectivity index is 1.86. The number of sulfone groups is 1. The second-order valence-electron chi connectivity index (χ2n) is 6.91. The van der Waals surface area contributed by atoms with Crippen molar-refractivity contribution in [2.24, 2.45) is 0 Å². The van der Waals surface area contributed by atoms with Gasteiger partial charge in [0, 0.05) is 12.2 Å². The van der Waals surface area contributed by atoms with E-state index in [2.05, 4.69) is 16.5 Å². The van der Waals surface area contributed by atoms with E-state index in [4.69, 9.17) is 5.73 Å². The number of aryl methyl sites for hydroxylation is 1. The number of nitrogen functional groups attached to an aromatic ring is 1. The summed E-state index contributed by atoms with van der Waals surface area (Å²) in [5, 5.41) is 0. The molecule has 1 aromatic heterocycles. The van der Waals surface area contributed by atoms with Crippen molar-refractivity contribution in [3.05, 3.63) is 54.4 Å². The van der Waals surface area contributed by atoms with Gasteiger partial charge in [-0.15, -0.1) is 0 Å². The average Bonchev–Trinajstić information content (AvgIpc) is 2.98. The Morgan fingerprint density at radius 3 is 2.41 bits per heavy atom. The molecule has 0 saturated heterocycles.